The minimum atomic E-state index is -2.93. The summed E-state index contributed by atoms with van der Waals surface area (Å²) in [6.07, 6.45) is 0. The number of halogens is 4. The van der Waals surface area contributed by atoms with Crippen LogP contribution >= 0.6 is 23.2 Å². The maximum Gasteiger partial charge on any atom is 0.387 e. The number of carbonyl (C=O) groups excluding carboxylic acids is 1. The van der Waals surface area contributed by atoms with Gasteiger partial charge in [-0.25, -0.2) is 0 Å². The van der Waals surface area contributed by atoms with Gasteiger partial charge in [0.05, 0.1) is 10.6 Å². The molecule has 0 unspecified atom stereocenters. The van der Waals surface area contributed by atoms with Gasteiger partial charge in [0.1, 0.15) is 5.75 Å². The Morgan fingerprint density at radius 3 is 2.50 bits per heavy atom. The molecule has 1 rings (SSSR count). The van der Waals surface area contributed by atoms with Crippen molar-refractivity contribution in [3.8, 4) is 5.75 Å². The Kier molecular flexibility index (Phi) is 3.66. The molecular formula is C8H4Cl2F2O2. The van der Waals surface area contributed by atoms with E-state index in [2.05, 4.69) is 4.74 Å². The van der Waals surface area contributed by atoms with Gasteiger partial charge in [0, 0.05) is 0 Å². The fourth-order valence-corrected chi connectivity index (χ4v) is 1.30. The Morgan fingerprint density at radius 1 is 1.43 bits per heavy atom. The molecule has 0 aliphatic rings. The number of alkyl halides is 2. The highest BCUT2D eigenvalue weighted by molar-refractivity contribution is 6.68. The second-order valence-corrected chi connectivity index (χ2v) is 3.04. The minimum absolute atomic E-state index is 0.0249. The first kappa shape index (κ1) is 11.2. The van der Waals surface area contributed by atoms with Crippen molar-refractivity contribution in [1.29, 1.82) is 0 Å². The summed E-state index contributed by atoms with van der Waals surface area (Å²) in [5.74, 6) is -0.119. The van der Waals surface area contributed by atoms with Crippen molar-refractivity contribution in [3.63, 3.8) is 0 Å². The van der Waals surface area contributed by atoms with Crippen LogP contribution in [0.5, 0.6) is 5.75 Å². The highest BCUT2D eigenvalue weighted by Gasteiger charge is 2.10. The van der Waals surface area contributed by atoms with Crippen molar-refractivity contribution >= 4 is 28.4 Å². The molecule has 0 saturated heterocycles. The second kappa shape index (κ2) is 4.57. The van der Waals surface area contributed by atoms with E-state index in [0.29, 0.717) is 0 Å². The van der Waals surface area contributed by atoms with E-state index in [0.717, 1.165) is 6.07 Å². The van der Waals surface area contributed by atoms with Crippen LogP contribution in [0.1, 0.15) is 10.4 Å². The van der Waals surface area contributed by atoms with Gasteiger partial charge in [-0.3, -0.25) is 4.79 Å². The molecule has 0 spiro atoms. The van der Waals surface area contributed by atoms with Crippen LogP contribution in [0.3, 0.4) is 0 Å². The molecule has 0 bridgehead atoms. The molecule has 0 aromatic heterocycles. The third-order valence-corrected chi connectivity index (χ3v) is 1.89. The fraction of sp³-hybridized carbons (Fsp3) is 0.125. The summed E-state index contributed by atoms with van der Waals surface area (Å²) in [4.78, 5) is 10.7. The van der Waals surface area contributed by atoms with Gasteiger partial charge in [0.2, 0.25) is 0 Å². The third kappa shape index (κ3) is 2.82. The standard InChI is InChI=1S/C8H4Cl2F2O2/c9-6-3-4(14-8(11)12)1-2-5(6)7(10)13/h1-3,8H. The average molecular weight is 241 g/mol. The van der Waals surface area contributed by atoms with Gasteiger partial charge in [0.15, 0.2) is 0 Å². The molecule has 2 nitrogen and oxygen atoms in total. The lowest BCUT2D eigenvalue weighted by atomic mass is 10.2. The Morgan fingerprint density at radius 2 is 2.07 bits per heavy atom. The molecule has 0 atom stereocenters. The molecule has 76 valence electrons. The van der Waals surface area contributed by atoms with Gasteiger partial charge in [-0.05, 0) is 29.8 Å². The van der Waals surface area contributed by atoms with Crippen LogP contribution in [-0.4, -0.2) is 11.9 Å². The molecule has 0 aliphatic carbocycles. The molecular weight excluding hydrogens is 237 g/mol. The van der Waals surface area contributed by atoms with Crippen molar-refractivity contribution in [2.45, 2.75) is 6.61 Å². The van der Waals surface area contributed by atoms with Crippen LogP contribution in [0.2, 0.25) is 5.02 Å². The Balaban J connectivity index is 2.94. The molecule has 14 heavy (non-hydrogen) atoms. The fourth-order valence-electron chi connectivity index (χ4n) is 0.831. The van der Waals surface area contributed by atoms with E-state index in [1.807, 2.05) is 0 Å². The second-order valence-electron chi connectivity index (χ2n) is 2.29. The Bertz CT molecular complexity index is 355. The molecule has 1 aromatic rings. The molecule has 0 radical (unpaired) electrons. The number of ether oxygens (including phenoxy) is 1. The first-order valence-electron chi connectivity index (χ1n) is 3.45. The smallest absolute Gasteiger partial charge is 0.387 e. The summed E-state index contributed by atoms with van der Waals surface area (Å²) < 4.78 is 27.6. The summed E-state index contributed by atoms with van der Waals surface area (Å²) in [5, 5.41) is -0.776. The number of benzene rings is 1. The predicted molar refractivity (Wildman–Crippen MR) is 48.3 cm³/mol. The van der Waals surface area contributed by atoms with Crippen LogP contribution in [0, 0.1) is 0 Å². The summed E-state index contributed by atoms with van der Waals surface area (Å²) in [5.41, 5.74) is 0.0509. The summed E-state index contributed by atoms with van der Waals surface area (Å²) >= 11 is 10.7. The molecule has 0 heterocycles. The summed E-state index contributed by atoms with van der Waals surface area (Å²) in [6.45, 7) is -2.93. The van der Waals surface area contributed by atoms with E-state index in [9.17, 15) is 13.6 Å². The number of hydrogen-bond donors (Lipinski definition) is 0. The van der Waals surface area contributed by atoms with Crippen molar-refractivity contribution in [2.75, 3.05) is 0 Å². The number of rotatable bonds is 3. The van der Waals surface area contributed by atoms with Gasteiger partial charge in [-0.1, -0.05) is 11.6 Å². The predicted octanol–water partition coefficient (Wildman–Crippen LogP) is 3.32. The Hall–Kier alpha value is -0.870. The maximum absolute atomic E-state index is 11.8. The van der Waals surface area contributed by atoms with E-state index >= 15 is 0 Å². The van der Waals surface area contributed by atoms with Crippen molar-refractivity contribution in [3.05, 3.63) is 28.8 Å². The summed E-state index contributed by atoms with van der Waals surface area (Å²) in [6, 6.07) is 3.51. The lowest BCUT2D eigenvalue weighted by Crippen LogP contribution is -2.02. The van der Waals surface area contributed by atoms with Gasteiger partial charge in [-0.2, -0.15) is 8.78 Å². The molecule has 0 fully saturated rings. The van der Waals surface area contributed by atoms with E-state index in [1.165, 1.54) is 12.1 Å². The largest absolute Gasteiger partial charge is 0.435 e. The average Bonchev–Trinajstić information content (AvgIpc) is 2.01. The number of carbonyl (C=O) groups is 1. The monoisotopic (exact) mass is 240 g/mol. The first-order valence-corrected chi connectivity index (χ1v) is 4.20. The van der Waals surface area contributed by atoms with E-state index < -0.39 is 11.9 Å². The third-order valence-electron chi connectivity index (χ3n) is 1.38. The van der Waals surface area contributed by atoms with Crippen LogP contribution in [0.4, 0.5) is 8.78 Å². The van der Waals surface area contributed by atoms with Gasteiger partial charge in [0.25, 0.3) is 5.24 Å². The normalized spacial score (nSPS) is 10.4. The highest BCUT2D eigenvalue weighted by atomic mass is 35.5. The molecule has 1 aromatic carbocycles. The molecule has 6 heteroatoms. The number of hydrogen-bond acceptors (Lipinski definition) is 2. The van der Waals surface area contributed by atoms with Crippen molar-refractivity contribution < 1.29 is 18.3 Å². The van der Waals surface area contributed by atoms with E-state index in [-0.39, 0.29) is 16.3 Å². The SMILES string of the molecule is O=C(Cl)c1ccc(OC(F)F)cc1Cl. The lowest BCUT2D eigenvalue weighted by Gasteiger charge is -2.05. The zero-order valence-corrected chi connectivity index (χ0v) is 8.15. The first-order chi connectivity index (χ1) is 6.50. The zero-order chi connectivity index (χ0) is 10.7. The molecule has 0 aliphatic heterocycles. The van der Waals surface area contributed by atoms with E-state index in [4.69, 9.17) is 23.2 Å². The quantitative estimate of drug-likeness (QED) is 0.758. The Labute approximate surface area is 88.4 Å². The van der Waals surface area contributed by atoms with E-state index in [1.54, 1.807) is 0 Å². The summed E-state index contributed by atoms with van der Waals surface area (Å²) in [7, 11) is 0. The lowest BCUT2D eigenvalue weighted by molar-refractivity contribution is -0.0498. The van der Waals surface area contributed by atoms with Gasteiger partial charge in [-0.15, -0.1) is 0 Å². The van der Waals surface area contributed by atoms with Gasteiger partial charge >= 0.3 is 6.61 Å². The topological polar surface area (TPSA) is 26.3 Å². The minimum Gasteiger partial charge on any atom is -0.435 e. The molecule has 0 amide bonds. The van der Waals surface area contributed by atoms with Crippen molar-refractivity contribution in [1.82, 2.24) is 0 Å². The molecule has 0 saturated carbocycles. The van der Waals surface area contributed by atoms with Gasteiger partial charge < -0.3 is 4.74 Å². The van der Waals surface area contributed by atoms with Crippen LogP contribution in [-0.2, 0) is 0 Å². The maximum atomic E-state index is 11.8. The van der Waals surface area contributed by atoms with Crippen LogP contribution in [0.15, 0.2) is 18.2 Å². The zero-order valence-electron chi connectivity index (χ0n) is 6.64. The van der Waals surface area contributed by atoms with Crippen molar-refractivity contribution in [2.24, 2.45) is 0 Å². The molecule has 0 N–H and O–H groups in total. The van der Waals surface area contributed by atoms with Crippen LogP contribution < -0.4 is 4.74 Å². The highest BCUT2D eigenvalue weighted by Crippen LogP contribution is 2.24. The van der Waals surface area contributed by atoms with Crippen LogP contribution in [0.25, 0.3) is 0 Å².